The molecule has 1 atom stereocenters. The summed E-state index contributed by atoms with van der Waals surface area (Å²) in [6, 6.07) is 5.67. The maximum Gasteiger partial charge on any atom is 0.224 e. The molecule has 4 nitrogen and oxygen atoms in total. The highest BCUT2D eigenvalue weighted by Crippen LogP contribution is 2.10. The van der Waals surface area contributed by atoms with Crippen LogP contribution in [0.4, 0.5) is 10.1 Å². The van der Waals surface area contributed by atoms with Crippen molar-refractivity contribution in [1.82, 2.24) is 4.72 Å². The van der Waals surface area contributed by atoms with Crippen LogP contribution in [0.1, 0.15) is 40.0 Å². The van der Waals surface area contributed by atoms with Crippen molar-refractivity contribution in [3.8, 4) is 0 Å². The normalized spacial score (nSPS) is 13.0. The first kappa shape index (κ1) is 17.8. The van der Waals surface area contributed by atoms with Crippen LogP contribution < -0.4 is 10.0 Å². The van der Waals surface area contributed by atoms with Crippen molar-refractivity contribution in [1.29, 1.82) is 0 Å². The first-order valence-corrected chi connectivity index (χ1v) is 8.15. The Morgan fingerprint density at radius 3 is 2.38 bits per heavy atom. The van der Waals surface area contributed by atoms with Gasteiger partial charge >= 0.3 is 0 Å². The average molecular weight is 314 g/mol. The predicted molar refractivity (Wildman–Crippen MR) is 84.8 cm³/mol. The number of anilines is 1. The molecule has 1 unspecified atom stereocenters. The van der Waals surface area contributed by atoms with Crippen molar-refractivity contribution in [2.45, 2.75) is 44.8 Å². The van der Waals surface area contributed by atoms with E-state index in [1.54, 1.807) is 0 Å². The molecule has 0 aliphatic carbocycles. The van der Waals surface area contributed by atoms with E-state index in [0.29, 0.717) is 25.1 Å². The number of hydrogen-bond donors (Lipinski definition) is 2. The van der Waals surface area contributed by atoms with Crippen molar-refractivity contribution in [3.05, 3.63) is 30.1 Å². The molecule has 6 heteroatoms. The standard InChI is InChI=1S/C15H23FN2O2S/c1-15(2,3)21(20)17-11-5-4-6-14(19)18-13-9-7-12(16)8-10-13/h7-10,17H,4-6,11H2,1-3H3,(H,18,19). The van der Waals surface area contributed by atoms with Gasteiger partial charge in [0.2, 0.25) is 5.91 Å². The fourth-order valence-electron chi connectivity index (χ4n) is 1.55. The maximum atomic E-state index is 12.7. The number of halogens is 1. The van der Waals surface area contributed by atoms with E-state index in [-0.39, 0.29) is 16.5 Å². The van der Waals surface area contributed by atoms with Gasteiger partial charge in [-0.05, 0) is 57.9 Å². The molecule has 2 N–H and O–H groups in total. The van der Waals surface area contributed by atoms with E-state index in [2.05, 4.69) is 10.0 Å². The summed E-state index contributed by atoms with van der Waals surface area (Å²) in [7, 11) is -1.07. The lowest BCUT2D eigenvalue weighted by Crippen LogP contribution is -2.33. The molecular weight excluding hydrogens is 291 g/mol. The molecule has 118 valence electrons. The van der Waals surface area contributed by atoms with Crippen molar-refractivity contribution in [2.75, 3.05) is 11.9 Å². The third kappa shape index (κ3) is 7.34. The summed E-state index contributed by atoms with van der Waals surface area (Å²) in [4.78, 5) is 11.7. The Morgan fingerprint density at radius 2 is 1.81 bits per heavy atom. The van der Waals surface area contributed by atoms with Gasteiger partial charge in [-0.1, -0.05) is 0 Å². The van der Waals surface area contributed by atoms with E-state index in [4.69, 9.17) is 0 Å². The summed E-state index contributed by atoms with van der Waals surface area (Å²) in [5.74, 6) is -0.426. The molecule has 0 aliphatic rings. The highest BCUT2D eigenvalue weighted by molar-refractivity contribution is 7.84. The number of nitrogens with one attached hydrogen (secondary N) is 2. The van der Waals surface area contributed by atoms with Gasteiger partial charge in [-0.15, -0.1) is 0 Å². The molecule has 0 saturated carbocycles. The topological polar surface area (TPSA) is 58.2 Å². The van der Waals surface area contributed by atoms with E-state index in [9.17, 15) is 13.4 Å². The van der Waals surface area contributed by atoms with Crippen molar-refractivity contribution in [3.63, 3.8) is 0 Å². The molecule has 1 rings (SSSR count). The Balaban J connectivity index is 2.17. The van der Waals surface area contributed by atoms with Gasteiger partial charge in [0.15, 0.2) is 0 Å². The minimum Gasteiger partial charge on any atom is -0.326 e. The molecule has 0 fully saturated rings. The lowest BCUT2D eigenvalue weighted by molar-refractivity contribution is -0.116. The molecule has 0 saturated heterocycles. The largest absolute Gasteiger partial charge is 0.326 e. The van der Waals surface area contributed by atoms with Crippen LogP contribution in [0.2, 0.25) is 0 Å². The smallest absolute Gasteiger partial charge is 0.224 e. The van der Waals surface area contributed by atoms with Gasteiger partial charge < -0.3 is 5.32 Å². The Kier molecular flexibility index (Phi) is 6.98. The minimum atomic E-state index is -1.07. The number of rotatable bonds is 7. The van der Waals surface area contributed by atoms with E-state index in [1.165, 1.54) is 24.3 Å². The van der Waals surface area contributed by atoms with Crippen molar-refractivity contribution >= 4 is 22.6 Å². The monoisotopic (exact) mass is 314 g/mol. The van der Waals surface area contributed by atoms with Gasteiger partial charge in [0.05, 0.1) is 15.7 Å². The molecule has 1 amide bonds. The summed E-state index contributed by atoms with van der Waals surface area (Å²) in [6.45, 7) is 6.35. The maximum absolute atomic E-state index is 12.7. The van der Waals surface area contributed by atoms with Crippen LogP contribution >= 0.6 is 0 Å². The number of amides is 1. The van der Waals surface area contributed by atoms with Crippen LogP contribution in [0.5, 0.6) is 0 Å². The lowest BCUT2D eigenvalue weighted by atomic mass is 10.2. The van der Waals surface area contributed by atoms with Gasteiger partial charge in [-0.25, -0.2) is 13.3 Å². The van der Waals surface area contributed by atoms with Crippen molar-refractivity contribution in [2.24, 2.45) is 0 Å². The Bertz CT molecular complexity index is 483. The molecule has 0 aromatic heterocycles. The zero-order chi connectivity index (χ0) is 15.9. The third-order valence-electron chi connectivity index (χ3n) is 2.75. The molecule has 0 radical (unpaired) electrons. The molecule has 1 aromatic rings. The summed E-state index contributed by atoms with van der Waals surface area (Å²) >= 11 is 0. The van der Waals surface area contributed by atoms with Crippen LogP contribution in [-0.2, 0) is 15.8 Å². The van der Waals surface area contributed by atoms with E-state index in [0.717, 1.165) is 6.42 Å². The van der Waals surface area contributed by atoms with Gasteiger partial charge in [0.25, 0.3) is 0 Å². The molecule has 0 heterocycles. The molecular formula is C15H23FN2O2S. The van der Waals surface area contributed by atoms with Crippen molar-refractivity contribution < 1.29 is 13.4 Å². The SMILES string of the molecule is CC(C)(C)S(=O)NCCCCC(=O)Nc1ccc(F)cc1. The fraction of sp³-hybridized carbons (Fsp3) is 0.533. The fourth-order valence-corrected chi connectivity index (χ4v) is 2.31. The summed E-state index contributed by atoms with van der Waals surface area (Å²) in [5.41, 5.74) is 0.591. The van der Waals surface area contributed by atoms with Gasteiger partial charge in [-0.3, -0.25) is 4.79 Å². The summed E-state index contributed by atoms with van der Waals surface area (Å²) in [6.07, 6.45) is 1.88. The first-order chi connectivity index (χ1) is 9.79. The van der Waals surface area contributed by atoms with Gasteiger partial charge in [-0.2, -0.15) is 0 Å². The number of carbonyl (C=O) groups excluding carboxylic acids is 1. The van der Waals surface area contributed by atoms with Crippen LogP contribution in [-0.4, -0.2) is 21.4 Å². The molecule has 21 heavy (non-hydrogen) atoms. The Morgan fingerprint density at radius 1 is 1.19 bits per heavy atom. The molecule has 0 aliphatic heterocycles. The molecule has 1 aromatic carbocycles. The third-order valence-corrected chi connectivity index (χ3v) is 4.33. The Labute approximate surface area is 128 Å². The zero-order valence-corrected chi connectivity index (χ0v) is 13.6. The van der Waals surface area contributed by atoms with Gasteiger partial charge in [0, 0.05) is 18.7 Å². The second-order valence-electron chi connectivity index (χ2n) is 5.79. The van der Waals surface area contributed by atoms with Crippen LogP contribution in [0.3, 0.4) is 0 Å². The Hall–Kier alpha value is -1.27. The first-order valence-electron chi connectivity index (χ1n) is 7.00. The summed E-state index contributed by atoms with van der Waals surface area (Å²) < 4.78 is 27.1. The number of hydrogen-bond acceptors (Lipinski definition) is 2. The quantitative estimate of drug-likeness (QED) is 0.760. The lowest BCUT2D eigenvalue weighted by Gasteiger charge is -2.17. The average Bonchev–Trinajstić information content (AvgIpc) is 2.39. The van der Waals surface area contributed by atoms with Crippen LogP contribution in [0.25, 0.3) is 0 Å². The zero-order valence-electron chi connectivity index (χ0n) is 12.7. The highest BCUT2D eigenvalue weighted by Gasteiger charge is 2.18. The van der Waals surface area contributed by atoms with E-state index < -0.39 is 11.0 Å². The predicted octanol–water partition coefficient (Wildman–Crippen LogP) is 2.99. The second kappa shape index (κ2) is 8.24. The summed E-state index contributed by atoms with van der Waals surface area (Å²) in [5, 5.41) is 2.71. The molecule has 0 bridgehead atoms. The van der Waals surface area contributed by atoms with E-state index >= 15 is 0 Å². The van der Waals surface area contributed by atoms with Crippen LogP contribution in [0, 0.1) is 5.82 Å². The molecule has 0 spiro atoms. The van der Waals surface area contributed by atoms with Gasteiger partial charge in [0.1, 0.15) is 5.82 Å². The minimum absolute atomic E-state index is 0.0986. The highest BCUT2D eigenvalue weighted by atomic mass is 32.2. The second-order valence-corrected chi connectivity index (χ2v) is 7.84. The number of unbranched alkanes of at least 4 members (excludes halogenated alkanes) is 1. The van der Waals surface area contributed by atoms with Crippen LogP contribution in [0.15, 0.2) is 24.3 Å². The number of carbonyl (C=O) groups is 1. The van der Waals surface area contributed by atoms with E-state index in [1.807, 2.05) is 20.8 Å². The number of benzene rings is 1.